The predicted molar refractivity (Wildman–Crippen MR) is 77.7 cm³/mol. The molecule has 1 aromatic carbocycles. The van der Waals surface area contributed by atoms with Crippen LogP contribution in [0.25, 0.3) is 10.9 Å². The fourth-order valence-electron chi connectivity index (χ4n) is 4.94. The third kappa shape index (κ3) is 1.35. The number of rotatable bonds is 0. The lowest BCUT2D eigenvalue weighted by Gasteiger charge is -2.41. The summed E-state index contributed by atoms with van der Waals surface area (Å²) in [6, 6.07) is 6.90. The first-order chi connectivity index (χ1) is 9.28. The SMILES string of the molecule is Cc1ccc2[nH]c3c(c2c1)[C@@H]1CC2C[C@@H]3CN(C2)C1. The normalized spacial score (nSPS) is 35.6. The molecule has 0 saturated carbocycles. The molecule has 1 aliphatic carbocycles. The molecule has 4 atom stereocenters. The highest BCUT2D eigenvalue weighted by Gasteiger charge is 2.42. The molecule has 3 aliphatic heterocycles. The highest BCUT2D eigenvalue weighted by atomic mass is 15.2. The fourth-order valence-corrected chi connectivity index (χ4v) is 4.94. The van der Waals surface area contributed by atoms with Gasteiger partial charge in [0, 0.05) is 42.1 Å². The molecular formula is C17H20N2. The van der Waals surface area contributed by atoms with Crippen LogP contribution >= 0.6 is 0 Å². The molecule has 2 heteroatoms. The van der Waals surface area contributed by atoms with E-state index in [0.29, 0.717) is 0 Å². The first-order valence-electron chi connectivity index (χ1n) is 7.62. The molecule has 2 unspecified atom stereocenters. The topological polar surface area (TPSA) is 19.0 Å². The number of hydrogen-bond donors (Lipinski definition) is 1. The largest absolute Gasteiger partial charge is 0.358 e. The number of H-pyrrole nitrogens is 1. The van der Waals surface area contributed by atoms with Crippen molar-refractivity contribution >= 4 is 10.9 Å². The van der Waals surface area contributed by atoms with Gasteiger partial charge in [-0.15, -0.1) is 0 Å². The number of benzene rings is 1. The van der Waals surface area contributed by atoms with Gasteiger partial charge < -0.3 is 9.88 Å². The lowest BCUT2D eigenvalue weighted by Crippen LogP contribution is -2.44. The zero-order valence-electron chi connectivity index (χ0n) is 11.4. The molecule has 4 bridgehead atoms. The van der Waals surface area contributed by atoms with E-state index >= 15 is 0 Å². The number of piperidine rings is 2. The monoisotopic (exact) mass is 252 g/mol. The van der Waals surface area contributed by atoms with E-state index in [2.05, 4.69) is 35.0 Å². The van der Waals surface area contributed by atoms with Gasteiger partial charge in [-0.3, -0.25) is 0 Å². The lowest BCUT2D eigenvalue weighted by atomic mass is 9.82. The van der Waals surface area contributed by atoms with Gasteiger partial charge in [-0.2, -0.15) is 0 Å². The summed E-state index contributed by atoms with van der Waals surface area (Å²) in [5.74, 6) is 2.48. The lowest BCUT2D eigenvalue weighted by molar-refractivity contribution is 0.104. The van der Waals surface area contributed by atoms with Gasteiger partial charge in [0.15, 0.2) is 0 Å². The molecule has 1 N–H and O–H groups in total. The summed E-state index contributed by atoms with van der Waals surface area (Å²) < 4.78 is 0. The molecule has 6 rings (SSSR count). The molecule has 4 aliphatic rings. The minimum absolute atomic E-state index is 0.758. The van der Waals surface area contributed by atoms with Gasteiger partial charge in [-0.1, -0.05) is 11.6 Å². The van der Waals surface area contributed by atoms with Crippen molar-refractivity contribution in [3.05, 3.63) is 35.0 Å². The fraction of sp³-hybridized carbons (Fsp3) is 0.529. The Morgan fingerprint density at radius 2 is 1.95 bits per heavy atom. The van der Waals surface area contributed by atoms with E-state index in [0.717, 1.165) is 17.8 Å². The van der Waals surface area contributed by atoms with E-state index in [4.69, 9.17) is 0 Å². The second-order valence-electron chi connectivity index (χ2n) is 6.95. The molecule has 0 radical (unpaired) electrons. The first kappa shape index (κ1) is 10.5. The Balaban J connectivity index is 1.81. The maximum atomic E-state index is 3.77. The van der Waals surface area contributed by atoms with Crippen molar-refractivity contribution in [2.45, 2.75) is 31.6 Å². The summed E-state index contributed by atoms with van der Waals surface area (Å²) >= 11 is 0. The molecule has 4 heterocycles. The Bertz CT molecular complexity index is 655. The Hall–Kier alpha value is -1.28. The minimum Gasteiger partial charge on any atom is -0.358 e. The van der Waals surface area contributed by atoms with Crippen molar-refractivity contribution in [3.8, 4) is 0 Å². The zero-order valence-corrected chi connectivity index (χ0v) is 11.4. The van der Waals surface area contributed by atoms with Crippen LogP contribution in [0.2, 0.25) is 0 Å². The average Bonchev–Trinajstić information content (AvgIpc) is 2.67. The average molecular weight is 252 g/mol. The molecule has 19 heavy (non-hydrogen) atoms. The van der Waals surface area contributed by atoms with Gasteiger partial charge in [0.2, 0.25) is 0 Å². The number of hydrogen-bond acceptors (Lipinski definition) is 1. The summed E-state index contributed by atoms with van der Waals surface area (Å²) in [4.78, 5) is 6.48. The van der Waals surface area contributed by atoms with Gasteiger partial charge in [0.1, 0.15) is 0 Å². The van der Waals surface area contributed by atoms with E-state index in [1.54, 1.807) is 11.3 Å². The summed E-state index contributed by atoms with van der Waals surface area (Å²) in [6.07, 6.45) is 2.83. The van der Waals surface area contributed by atoms with Crippen LogP contribution in [0.1, 0.15) is 41.5 Å². The predicted octanol–water partition coefficient (Wildman–Crippen LogP) is 3.38. The van der Waals surface area contributed by atoms with Crippen molar-refractivity contribution in [2.75, 3.05) is 19.6 Å². The first-order valence-corrected chi connectivity index (χ1v) is 7.62. The van der Waals surface area contributed by atoms with Crippen LogP contribution in [0, 0.1) is 12.8 Å². The molecule has 0 amide bonds. The standard InChI is InChI=1S/C17H20N2/c1-10-2-3-15-14(4-10)16-12-5-11-6-13(17(16)18-15)9-19(7-11)8-12/h2-4,11-13,18H,5-9H2,1H3/t11?,12-,13-/m1/s1. The number of aromatic nitrogens is 1. The molecule has 0 spiro atoms. The second kappa shape index (κ2) is 3.43. The highest BCUT2D eigenvalue weighted by Crippen LogP contribution is 2.49. The van der Waals surface area contributed by atoms with Gasteiger partial charge >= 0.3 is 0 Å². The van der Waals surface area contributed by atoms with Crippen LogP contribution in [-0.4, -0.2) is 29.5 Å². The molecule has 2 fully saturated rings. The van der Waals surface area contributed by atoms with Crippen LogP contribution in [0.4, 0.5) is 0 Å². The number of fused-ring (bicyclic) bond motifs is 1. The zero-order chi connectivity index (χ0) is 12.6. The van der Waals surface area contributed by atoms with Gasteiger partial charge in [0.05, 0.1) is 0 Å². The highest BCUT2D eigenvalue weighted by molar-refractivity contribution is 5.86. The van der Waals surface area contributed by atoms with Gasteiger partial charge in [-0.25, -0.2) is 0 Å². The quantitative estimate of drug-likeness (QED) is 0.761. The molecular weight excluding hydrogens is 232 g/mol. The van der Waals surface area contributed by atoms with Gasteiger partial charge in [-0.05, 0) is 49.3 Å². The number of nitrogens with one attached hydrogen (secondary N) is 1. The van der Waals surface area contributed by atoms with Gasteiger partial charge in [0.25, 0.3) is 0 Å². The minimum atomic E-state index is 0.758. The Morgan fingerprint density at radius 1 is 1.11 bits per heavy atom. The molecule has 1 aromatic heterocycles. The molecule has 2 aromatic rings. The summed E-state index contributed by atoms with van der Waals surface area (Å²) in [6.45, 7) is 6.14. The Labute approximate surface area is 113 Å². The molecule has 2 saturated heterocycles. The van der Waals surface area contributed by atoms with E-state index in [9.17, 15) is 0 Å². The summed E-state index contributed by atoms with van der Waals surface area (Å²) in [7, 11) is 0. The van der Waals surface area contributed by atoms with Crippen LogP contribution in [-0.2, 0) is 0 Å². The maximum Gasteiger partial charge on any atom is 0.0459 e. The van der Waals surface area contributed by atoms with Crippen molar-refractivity contribution in [1.82, 2.24) is 9.88 Å². The van der Waals surface area contributed by atoms with E-state index in [1.807, 2.05) is 0 Å². The van der Waals surface area contributed by atoms with E-state index < -0.39 is 0 Å². The van der Waals surface area contributed by atoms with Crippen LogP contribution in [0.3, 0.4) is 0 Å². The Kier molecular flexibility index (Phi) is 1.89. The van der Waals surface area contributed by atoms with Crippen LogP contribution in [0.15, 0.2) is 18.2 Å². The van der Waals surface area contributed by atoms with Crippen LogP contribution < -0.4 is 0 Å². The maximum absolute atomic E-state index is 3.77. The van der Waals surface area contributed by atoms with Crippen LogP contribution in [0.5, 0.6) is 0 Å². The third-order valence-electron chi connectivity index (χ3n) is 5.55. The second-order valence-corrected chi connectivity index (χ2v) is 6.95. The molecule has 2 nitrogen and oxygen atoms in total. The van der Waals surface area contributed by atoms with E-state index in [1.165, 1.54) is 48.9 Å². The third-order valence-corrected chi connectivity index (χ3v) is 5.55. The number of nitrogens with zero attached hydrogens (tertiary/aromatic N) is 1. The summed E-state index contributed by atoms with van der Waals surface area (Å²) in [5.41, 5.74) is 6.00. The van der Waals surface area contributed by atoms with E-state index in [-0.39, 0.29) is 0 Å². The Morgan fingerprint density at radius 3 is 2.84 bits per heavy atom. The number of aromatic amines is 1. The van der Waals surface area contributed by atoms with Crippen molar-refractivity contribution in [1.29, 1.82) is 0 Å². The van der Waals surface area contributed by atoms with Crippen molar-refractivity contribution in [3.63, 3.8) is 0 Å². The van der Waals surface area contributed by atoms with Crippen molar-refractivity contribution in [2.24, 2.45) is 5.92 Å². The summed E-state index contributed by atoms with van der Waals surface area (Å²) in [5, 5.41) is 1.51. The number of aryl methyl sites for hydroxylation is 1. The smallest absolute Gasteiger partial charge is 0.0459 e. The van der Waals surface area contributed by atoms with Crippen molar-refractivity contribution < 1.29 is 0 Å². The molecule has 98 valence electrons.